The molecule has 2 aromatic heterocycles. The van der Waals surface area contributed by atoms with Crippen molar-refractivity contribution in [2.45, 2.75) is 25.2 Å². The standard InChI is InChI=1S/C17H13ClO2S/c18-13-5-1-3-10-9-14(20-17(10)13)16(19)12-4-2-6-15-11(12)7-8-21-15/h1,3,5,7-9,12H,2,4,6H2. The van der Waals surface area contributed by atoms with Crippen molar-refractivity contribution in [3.63, 3.8) is 0 Å². The van der Waals surface area contributed by atoms with Crippen LogP contribution >= 0.6 is 22.9 Å². The molecule has 0 bridgehead atoms. The molecule has 0 amide bonds. The SMILES string of the molecule is O=C(c1cc2cccc(Cl)c2o1)C1CCCc2sccc21. The number of carbonyl (C=O) groups is 1. The van der Waals surface area contributed by atoms with Gasteiger partial charge in [-0.15, -0.1) is 11.3 Å². The first-order valence-corrected chi connectivity index (χ1v) is 8.28. The van der Waals surface area contributed by atoms with Gasteiger partial charge in [0.05, 0.1) is 10.9 Å². The van der Waals surface area contributed by atoms with Crippen molar-refractivity contribution in [3.8, 4) is 0 Å². The first-order chi connectivity index (χ1) is 10.2. The van der Waals surface area contributed by atoms with Gasteiger partial charge >= 0.3 is 0 Å². The van der Waals surface area contributed by atoms with E-state index in [0.717, 1.165) is 24.6 Å². The van der Waals surface area contributed by atoms with Gasteiger partial charge in [-0.3, -0.25) is 4.79 Å². The Balaban J connectivity index is 1.76. The van der Waals surface area contributed by atoms with Gasteiger partial charge in [0.15, 0.2) is 11.3 Å². The Labute approximate surface area is 131 Å². The van der Waals surface area contributed by atoms with Crippen molar-refractivity contribution in [1.29, 1.82) is 0 Å². The monoisotopic (exact) mass is 316 g/mol. The largest absolute Gasteiger partial charge is 0.451 e. The van der Waals surface area contributed by atoms with Crippen LogP contribution < -0.4 is 0 Å². The minimum absolute atomic E-state index is 0.0701. The zero-order chi connectivity index (χ0) is 14.4. The third-order valence-electron chi connectivity index (χ3n) is 4.11. The van der Waals surface area contributed by atoms with E-state index in [1.807, 2.05) is 18.2 Å². The van der Waals surface area contributed by atoms with Gasteiger partial charge in [0, 0.05) is 10.3 Å². The van der Waals surface area contributed by atoms with Gasteiger partial charge in [0.1, 0.15) is 0 Å². The first kappa shape index (κ1) is 13.1. The molecule has 0 fully saturated rings. The van der Waals surface area contributed by atoms with Crippen molar-refractivity contribution in [3.05, 3.63) is 56.9 Å². The first-order valence-electron chi connectivity index (χ1n) is 7.02. The number of Topliss-reactive ketones (excluding diaryl/α,β-unsaturated/α-hetero) is 1. The number of halogens is 1. The molecule has 1 unspecified atom stereocenters. The second-order valence-electron chi connectivity index (χ2n) is 5.38. The predicted molar refractivity (Wildman–Crippen MR) is 85.6 cm³/mol. The number of hydrogen-bond acceptors (Lipinski definition) is 3. The molecule has 2 heterocycles. The van der Waals surface area contributed by atoms with E-state index in [4.69, 9.17) is 16.0 Å². The molecule has 1 aliphatic carbocycles. The third kappa shape index (κ3) is 2.12. The Kier molecular flexibility index (Phi) is 3.12. The lowest BCUT2D eigenvalue weighted by atomic mass is 9.84. The lowest BCUT2D eigenvalue weighted by molar-refractivity contribution is 0.0926. The maximum Gasteiger partial charge on any atom is 0.205 e. The molecule has 0 aliphatic heterocycles. The van der Waals surface area contributed by atoms with E-state index < -0.39 is 0 Å². The van der Waals surface area contributed by atoms with E-state index in [-0.39, 0.29) is 11.7 Å². The quantitative estimate of drug-likeness (QED) is 0.588. The highest BCUT2D eigenvalue weighted by atomic mass is 35.5. The number of furan rings is 1. The van der Waals surface area contributed by atoms with E-state index in [0.29, 0.717) is 16.4 Å². The van der Waals surface area contributed by atoms with Crippen molar-refractivity contribution in [2.75, 3.05) is 0 Å². The molecule has 0 radical (unpaired) electrons. The fourth-order valence-corrected chi connectivity index (χ4v) is 4.29. The number of benzene rings is 1. The molecule has 1 aromatic carbocycles. The second kappa shape index (κ2) is 5.00. The summed E-state index contributed by atoms with van der Waals surface area (Å²) in [5.41, 5.74) is 1.78. The van der Waals surface area contributed by atoms with Crippen molar-refractivity contribution in [2.24, 2.45) is 0 Å². The maximum absolute atomic E-state index is 12.8. The third-order valence-corrected chi connectivity index (χ3v) is 5.40. The second-order valence-corrected chi connectivity index (χ2v) is 6.78. The molecular formula is C17H13ClO2S. The molecule has 1 aliphatic rings. The summed E-state index contributed by atoms with van der Waals surface area (Å²) in [7, 11) is 0. The molecule has 0 N–H and O–H groups in total. The van der Waals surface area contributed by atoms with Crippen molar-refractivity contribution >= 4 is 39.7 Å². The van der Waals surface area contributed by atoms with Gasteiger partial charge in [0.25, 0.3) is 0 Å². The summed E-state index contributed by atoms with van der Waals surface area (Å²) in [6.45, 7) is 0. The Morgan fingerprint density at radius 3 is 3.10 bits per heavy atom. The van der Waals surface area contributed by atoms with Crippen LogP contribution in [0.15, 0.2) is 40.1 Å². The van der Waals surface area contributed by atoms with Crippen LogP contribution in [0.3, 0.4) is 0 Å². The molecule has 4 heteroatoms. The fourth-order valence-electron chi connectivity index (χ4n) is 3.08. The molecule has 0 saturated heterocycles. The highest BCUT2D eigenvalue weighted by molar-refractivity contribution is 7.10. The lowest BCUT2D eigenvalue weighted by Gasteiger charge is -2.20. The average molecular weight is 317 g/mol. The molecule has 3 aromatic rings. The summed E-state index contributed by atoms with van der Waals surface area (Å²) in [6, 6.07) is 9.45. The summed E-state index contributed by atoms with van der Waals surface area (Å²) >= 11 is 7.87. The normalized spacial score (nSPS) is 17.9. The Bertz CT molecular complexity index is 830. The number of thiophene rings is 1. The van der Waals surface area contributed by atoms with Crippen molar-refractivity contribution in [1.82, 2.24) is 0 Å². The molecule has 21 heavy (non-hydrogen) atoms. The number of hydrogen-bond donors (Lipinski definition) is 0. The number of para-hydroxylation sites is 1. The number of fused-ring (bicyclic) bond motifs is 2. The summed E-state index contributed by atoms with van der Waals surface area (Å²) < 4.78 is 5.73. The highest BCUT2D eigenvalue weighted by Crippen LogP contribution is 2.38. The van der Waals surface area contributed by atoms with E-state index in [1.54, 1.807) is 17.4 Å². The summed E-state index contributed by atoms with van der Waals surface area (Å²) in [5, 5.41) is 3.50. The molecular weight excluding hydrogens is 304 g/mol. The minimum atomic E-state index is -0.0701. The van der Waals surface area contributed by atoms with Crippen LogP contribution in [0, 0.1) is 0 Å². The smallest absolute Gasteiger partial charge is 0.205 e. The summed E-state index contributed by atoms with van der Waals surface area (Å²) in [4.78, 5) is 14.2. The van der Waals surface area contributed by atoms with E-state index in [9.17, 15) is 4.79 Å². The zero-order valence-corrected chi connectivity index (χ0v) is 12.8. The summed E-state index contributed by atoms with van der Waals surface area (Å²) in [6.07, 6.45) is 3.04. The van der Waals surface area contributed by atoms with Gasteiger partial charge in [0.2, 0.25) is 5.78 Å². The molecule has 4 rings (SSSR count). The van der Waals surface area contributed by atoms with Crippen LogP contribution in [0.5, 0.6) is 0 Å². The fraction of sp³-hybridized carbons (Fsp3) is 0.235. The molecule has 1 atom stereocenters. The van der Waals surface area contributed by atoms with E-state index >= 15 is 0 Å². The van der Waals surface area contributed by atoms with Gasteiger partial charge < -0.3 is 4.42 Å². The number of aryl methyl sites for hydroxylation is 1. The molecule has 2 nitrogen and oxygen atoms in total. The number of ketones is 1. The summed E-state index contributed by atoms with van der Waals surface area (Å²) in [5.74, 6) is 0.420. The highest BCUT2D eigenvalue weighted by Gasteiger charge is 2.30. The Hall–Kier alpha value is -1.58. The molecule has 0 spiro atoms. The van der Waals surface area contributed by atoms with Crippen LogP contribution in [0.1, 0.15) is 39.8 Å². The average Bonchev–Trinajstić information content (AvgIpc) is 3.13. The van der Waals surface area contributed by atoms with Crippen LogP contribution in [0.2, 0.25) is 5.02 Å². The zero-order valence-electron chi connectivity index (χ0n) is 11.3. The number of rotatable bonds is 2. The lowest BCUT2D eigenvalue weighted by Crippen LogP contribution is -2.16. The van der Waals surface area contributed by atoms with Gasteiger partial charge in [-0.1, -0.05) is 23.7 Å². The molecule has 0 saturated carbocycles. The van der Waals surface area contributed by atoms with Gasteiger partial charge in [-0.05, 0) is 48.4 Å². The van der Waals surface area contributed by atoms with Gasteiger partial charge in [-0.2, -0.15) is 0 Å². The number of carbonyl (C=O) groups excluding carboxylic acids is 1. The predicted octanol–water partition coefficient (Wildman–Crippen LogP) is 5.45. The van der Waals surface area contributed by atoms with Crippen molar-refractivity contribution < 1.29 is 9.21 Å². The molecule has 106 valence electrons. The Morgan fingerprint density at radius 2 is 2.24 bits per heavy atom. The minimum Gasteiger partial charge on any atom is -0.451 e. The van der Waals surface area contributed by atoms with Crippen LogP contribution in [-0.2, 0) is 6.42 Å². The van der Waals surface area contributed by atoms with Crippen LogP contribution in [-0.4, -0.2) is 5.78 Å². The van der Waals surface area contributed by atoms with Crippen LogP contribution in [0.4, 0.5) is 0 Å². The van der Waals surface area contributed by atoms with E-state index in [2.05, 4.69) is 11.4 Å². The topological polar surface area (TPSA) is 30.2 Å². The maximum atomic E-state index is 12.8. The Morgan fingerprint density at radius 1 is 1.33 bits per heavy atom. The van der Waals surface area contributed by atoms with Crippen LogP contribution in [0.25, 0.3) is 11.0 Å². The van der Waals surface area contributed by atoms with E-state index in [1.165, 1.54) is 10.4 Å². The van der Waals surface area contributed by atoms with Gasteiger partial charge in [-0.25, -0.2) is 0 Å².